The first-order valence-electron chi connectivity index (χ1n) is 6.51. The highest BCUT2D eigenvalue weighted by atomic mass is 35.5. The summed E-state index contributed by atoms with van der Waals surface area (Å²) in [7, 11) is 0. The Balaban J connectivity index is 2.90. The predicted octanol–water partition coefficient (Wildman–Crippen LogP) is 3.30. The van der Waals surface area contributed by atoms with Gasteiger partial charge in [-0.2, -0.15) is 0 Å². The number of nitrogens with one attached hydrogen (secondary N) is 1. The van der Waals surface area contributed by atoms with E-state index in [2.05, 4.69) is 5.32 Å². The summed E-state index contributed by atoms with van der Waals surface area (Å²) < 4.78 is 9.93. The number of benzene rings is 1. The van der Waals surface area contributed by atoms with E-state index < -0.39 is 23.7 Å². The van der Waals surface area contributed by atoms with Crippen LogP contribution in [-0.2, 0) is 14.3 Å². The largest absolute Gasteiger partial charge is 0.448 e. The normalized spacial score (nSPS) is 12.4. The van der Waals surface area contributed by atoms with Gasteiger partial charge in [-0.3, -0.25) is 0 Å². The number of ether oxygens (including phenoxy) is 2. The van der Waals surface area contributed by atoms with Crippen LogP contribution in [0.5, 0.6) is 0 Å². The van der Waals surface area contributed by atoms with E-state index in [9.17, 15) is 9.59 Å². The van der Waals surface area contributed by atoms with Gasteiger partial charge >= 0.3 is 12.1 Å². The van der Waals surface area contributed by atoms with Gasteiger partial charge in [0.25, 0.3) is 0 Å². The number of halogens is 1. The Morgan fingerprint density at radius 1 is 1.24 bits per heavy atom. The zero-order valence-corrected chi connectivity index (χ0v) is 13.4. The van der Waals surface area contributed by atoms with E-state index in [1.165, 1.54) is 0 Å². The molecule has 0 aromatic heterocycles. The topological polar surface area (TPSA) is 64.6 Å². The predicted molar refractivity (Wildman–Crippen MR) is 80.1 cm³/mol. The minimum Gasteiger partial charge on any atom is -0.448 e. The molecule has 1 aromatic carbocycles. The summed E-state index contributed by atoms with van der Waals surface area (Å²) in [5.74, 6) is -0.639. The fourth-order valence-corrected chi connectivity index (χ4v) is 1.71. The maximum atomic E-state index is 12.0. The molecule has 1 aromatic rings. The fraction of sp³-hybridized carbons (Fsp3) is 0.467. The van der Waals surface area contributed by atoms with E-state index in [0.29, 0.717) is 5.56 Å². The van der Waals surface area contributed by atoms with Gasteiger partial charge < -0.3 is 14.8 Å². The number of hydrogen-bond donors (Lipinski definition) is 1. The lowest BCUT2D eigenvalue weighted by atomic mass is 10.1. The molecule has 0 aliphatic carbocycles. The van der Waals surface area contributed by atoms with Crippen molar-refractivity contribution < 1.29 is 19.1 Å². The lowest BCUT2D eigenvalue weighted by Gasteiger charge is -2.23. The van der Waals surface area contributed by atoms with Gasteiger partial charge in [-0.25, -0.2) is 9.59 Å². The number of alkyl halides is 1. The molecule has 1 amide bonds. The molecule has 1 unspecified atom stereocenters. The molecule has 0 fully saturated rings. The maximum Gasteiger partial charge on any atom is 0.408 e. The molecular weight excluding hydrogens is 294 g/mol. The Morgan fingerprint density at radius 3 is 2.29 bits per heavy atom. The third-order valence-corrected chi connectivity index (χ3v) is 2.61. The Labute approximate surface area is 129 Å². The van der Waals surface area contributed by atoms with Gasteiger partial charge in [-0.05, 0) is 33.3 Å². The van der Waals surface area contributed by atoms with Crippen LogP contribution in [0.4, 0.5) is 4.79 Å². The molecule has 1 atom stereocenters. The van der Waals surface area contributed by atoms with Crippen LogP contribution in [-0.4, -0.2) is 23.7 Å². The van der Waals surface area contributed by atoms with E-state index in [4.69, 9.17) is 21.1 Å². The second-order valence-corrected chi connectivity index (χ2v) is 5.78. The molecule has 0 radical (unpaired) electrons. The average Bonchev–Trinajstić information content (AvgIpc) is 2.35. The molecule has 0 aliphatic rings. The molecule has 0 aliphatic heterocycles. The number of amides is 1. The van der Waals surface area contributed by atoms with Crippen molar-refractivity contribution in [2.75, 3.05) is 6.07 Å². The molecule has 1 N–H and O–H groups in total. The molecule has 5 nitrogen and oxygen atoms in total. The lowest BCUT2D eigenvalue weighted by molar-refractivity contribution is -0.144. The van der Waals surface area contributed by atoms with Crippen molar-refractivity contribution in [2.24, 2.45) is 0 Å². The van der Waals surface area contributed by atoms with Gasteiger partial charge in [0.2, 0.25) is 0 Å². The summed E-state index contributed by atoms with van der Waals surface area (Å²) >= 11 is 5.41. The second-order valence-electron chi connectivity index (χ2n) is 5.56. The zero-order valence-electron chi connectivity index (χ0n) is 12.6. The molecule has 116 valence electrons. The van der Waals surface area contributed by atoms with Crippen LogP contribution in [0.2, 0.25) is 0 Å². The molecule has 21 heavy (non-hydrogen) atoms. The van der Waals surface area contributed by atoms with Gasteiger partial charge in [-0.1, -0.05) is 41.4 Å². The number of alkyl carbamates (subject to hydrolysis) is 1. The number of aryl methyl sites for hydroxylation is 1. The molecule has 1 rings (SSSR count). The third-order valence-electron chi connectivity index (χ3n) is 2.50. The lowest BCUT2D eigenvalue weighted by Crippen LogP contribution is -2.38. The molecule has 0 spiro atoms. The van der Waals surface area contributed by atoms with Crippen LogP contribution in [0.1, 0.15) is 37.9 Å². The van der Waals surface area contributed by atoms with Crippen LogP contribution in [0.3, 0.4) is 0 Å². The number of rotatable bonds is 4. The van der Waals surface area contributed by atoms with E-state index in [0.717, 1.165) is 5.56 Å². The van der Waals surface area contributed by atoms with Crippen LogP contribution < -0.4 is 5.32 Å². The highest BCUT2D eigenvalue weighted by Crippen LogP contribution is 2.17. The molecule has 0 heterocycles. The number of carbonyl (C=O) groups excluding carboxylic acids is 2. The average molecular weight is 314 g/mol. The first kappa shape index (κ1) is 17.3. The molecule has 0 saturated carbocycles. The van der Waals surface area contributed by atoms with Crippen molar-refractivity contribution in [2.45, 2.75) is 39.3 Å². The van der Waals surface area contributed by atoms with Crippen molar-refractivity contribution in [1.29, 1.82) is 0 Å². The van der Waals surface area contributed by atoms with E-state index >= 15 is 0 Å². The van der Waals surface area contributed by atoms with Crippen molar-refractivity contribution in [3.8, 4) is 0 Å². The van der Waals surface area contributed by atoms with Crippen molar-refractivity contribution in [3.63, 3.8) is 0 Å². The quantitative estimate of drug-likeness (QED) is 0.684. The summed E-state index contributed by atoms with van der Waals surface area (Å²) in [6.45, 7) is 7.15. The third kappa shape index (κ3) is 6.04. The summed E-state index contributed by atoms with van der Waals surface area (Å²) in [6.07, 6.45) is -0.695. The highest BCUT2D eigenvalue weighted by molar-refractivity contribution is 6.17. The van der Waals surface area contributed by atoms with Crippen LogP contribution in [0.15, 0.2) is 24.3 Å². The minimum atomic E-state index is -0.959. The van der Waals surface area contributed by atoms with E-state index in [-0.39, 0.29) is 6.07 Å². The first-order chi connectivity index (χ1) is 9.73. The monoisotopic (exact) mass is 313 g/mol. The van der Waals surface area contributed by atoms with Crippen LogP contribution in [0.25, 0.3) is 0 Å². The van der Waals surface area contributed by atoms with Crippen molar-refractivity contribution in [3.05, 3.63) is 35.4 Å². The minimum absolute atomic E-state index is 0.281. The Morgan fingerprint density at radius 2 is 1.81 bits per heavy atom. The SMILES string of the molecule is Cc1ccc(C(NC(=O)OC(C)(C)C)C(=O)OCCl)cc1. The molecule has 0 saturated heterocycles. The smallest absolute Gasteiger partial charge is 0.408 e. The Hall–Kier alpha value is -1.75. The van der Waals surface area contributed by atoms with Crippen molar-refractivity contribution >= 4 is 23.7 Å². The highest BCUT2D eigenvalue weighted by Gasteiger charge is 2.26. The van der Waals surface area contributed by atoms with Crippen molar-refractivity contribution in [1.82, 2.24) is 5.32 Å². The summed E-state index contributed by atoms with van der Waals surface area (Å²) in [5.41, 5.74) is 0.986. The standard InChI is InChI=1S/C15H20ClNO4/c1-10-5-7-11(8-6-10)12(13(18)20-9-16)17-14(19)21-15(2,3)4/h5-8,12H,9H2,1-4H3,(H,17,19). The number of esters is 1. The first-order valence-corrected chi connectivity index (χ1v) is 7.05. The second kappa shape index (κ2) is 7.31. The Bertz CT molecular complexity index is 493. The molecule has 0 bridgehead atoms. The van der Waals surface area contributed by atoms with E-state index in [1.807, 2.05) is 19.1 Å². The molecular formula is C15H20ClNO4. The van der Waals surface area contributed by atoms with Gasteiger partial charge in [0, 0.05) is 0 Å². The number of carbonyl (C=O) groups is 2. The fourth-order valence-electron chi connectivity index (χ4n) is 1.60. The Kier molecular flexibility index (Phi) is 6.03. The summed E-state index contributed by atoms with van der Waals surface area (Å²) in [5, 5.41) is 2.50. The van der Waals surface area contributed by atoms with Gasteiger partial charge in [-0.15, -0.1) is 0 Å². The summed E-state index contributed by atoms with van der Waals surface area (Å²) in [4.78, 5) is 23.8. The maximum absolute atomic E-state index is 12.0. The van der Waals surface area contributed by atoms with Crippen LogP contribution in [0, 0.1) is 6.92 Å². The van der Waals surface area contributed by atoms with Crippen LogP contribution >= 0.6 is 11.6 Å². The number of hydrogen-bond acceptors (Lipinski definition) is 4. The van der Waals surface area contributed by atoms with Gasteiger partial charge in [0.05, 0.1) is 0 Å². The van der Waals surface area contributed by atoms with Gasteiger partial charge in [0.15, 0.2) is 12.1 Å². The van der Waals surface area contributed by atoms with Gasteiger partial charge in [0.1, 0.15) is 5.60 Å². The summed E-state index contributed by atoms with van der Waals surface area (Å²) in [6, 6.07) is 5.93. The molecule has 6 heteroatoms. The zero-order chi connectivity index (χ0) is 16.0. The van der Waals surface area contributed by atoms with E-state index in [1.54, 1.807) is 32.9 Å².